The minimum absolute atomic E-state index is 0.00292. The van der Waals surface area contributed by atoms with E-state index < -0.39 is 12.5 Å². The fourth-order valence-electron chi connectivity index (χ4n) is 2.36. The Hall–Kier alpha value is -2.33. The second-order valence-corrected chi connectivity index (χ2v) is 6.56. The minimum atomic E-state index is -0.733. The van der Waals surface area contributed by atoms with E-state index in [-0.39, 0.29) is 33.6 Å². The number of aromatic hydroxyl groups is 1. The van der Waals surface area contributed by atoms with Gasteiger partial charge in [0.1, 0.15) is 0 Å². The highest BCUT2D eigenvalue weighted by molar-refractivity contribution is 9.11. The highest BCUT2D eigenvalue weighted by atomic mass is 79.9. The van der Waals surface area contributed by atoms with Crippen LogP contribution in [0.1, 0.15) is 0 Å². The number of nitrogens with zero attached hydrogens (tertiary/aromatic N) is 2. The van der Waals surface area contributed by atoms with Crippen molar-refractivity contribution < 1.29 is 24.1 Å². The number of phenolic OH excluding ortho intramolecular Hbond substituents is 1. The topological polar surface area (TPSA) is 126 Å². The van der Waals surface area contributed by atoms with Crippen molar-refractivity contribution in [3.05, 3.63) is 43.6 Å². The van der Waals surface area contributed by atoms with Crippen LogP contribution < -0.4 is 19.9 Å². The van der Waals surface area contributed by atoms with Crippen LogP contribution in [0.2, 0.25) is 0 Å². The molecule has 1 aromatic heterocycles. The molecular weight excluding hydrogens is 450 g/mol. The molecule has 3 rings (SSSR count). The number of carbonyl (C=O) groups is 1. The molecule has 1 amide bonds. The maximum Gasteiger partial charge on any atom is 0.335 e. The fourth-order valence-corrected chi connectivity index (χ4v) is 3.78. The Bertz CT molecular complexity index is 1010. The number of benzene rings is 2. The minimum Gasteiger partial charge on any atom is -0.617 e. The van der Waals surface area contributed by atoms with Gasteiger partial charge in [-0.3, -0.25) is 4.79 Å². The van der Waals surface area contributed by atoms with Gasteiger partial charge < -0.3 is 26.0 Å². The van der Waals surface area contributed by atoms with Crippen LogP contribution in [0, 0.1) is 10.4 Å². The lowest BCUT2D eigenvalue weighted by Crippen LogP contribution is -2.40. The first-order chi connectivity index (χ1) is 11.3. The summed E-state index contributed by atoms with van der Waals surface area (Å²) < 4.78 is 6.86. The molecule has 0 aliphatic rings. The molecule has 0 bridgehead atoms. The van der Waals surface area contributed by atoms with Crippen molar-refractivity contribution in [2.24, 2.45) is 5.73 Å². The Kier molecular flexibility index (Phi) is 4.10. The van der Waals surface area contributed by atoms with Crippen LogP contribution in [-0.2, 0) is 4.79 Å². The Labute approximate surface area is 151 Å². The summed E-state index contributed by atoms with van der Waals surface area (Å²) in [6, 6.07) is 5.64. The van der Waals surface area contributed by atoms with Crippen LogP contribution in [0.4, 0.5) is 0 Å². The summed E-state index contributed by atoms with van der Waals surface area (Å²) in [5, 5.41) is 35.4. The van der Waals surface area contributed by atoms with Gasteiger partial charge in [0.15, 0.2) is 12.4 Å². The lowest BCUT2D eigenvalue weighted by atomic mass is 10.2. The van der Waals surface area contributed by atoms with E-state index in [0.29, 0.717) is 18.4 Å². The molecule has 0 aliphatic carbocycles. The number of primary amides is 1. The number of para-hydroxylation sites is 1. The molecule has 0 saturated carbocycles. The first-order valence-corrected chi connectivity index (χ1v) is 8.11. The van der Waals surface area contributed by atoms with E-state index in [2.05, 4.69) is 31.9 Å². The van der Waals surface area contributed by atoms with E-state index >= 15 is 0 Å². The quantitative estimate of drug-likeness (QED) is 0.348. The number of fused-ring (bicyclic) bond motifs is 2. The molecular formula is C14H9Br2N3O5. The Morgan fingerprint density at radius 3 is 2.54 bits per heavy atom. The fraction of sp³-hybridized carbons (Fsp3) is 0.0714. The van der Waals surface area contributed by atoms with Gasteiger partial charge in [0.05, 0.1) is 8.95 Å². The van der Waals surface area contributed by atoms with Crippen LogP contribution in [0.3, 0.4) is 0 Å². The van der Waals surface area contributed by atoms with Gasteiger partial charge in [-0.05, 0) is 44.0 Å². The van der Waals surface area contributed by atoms with Crippen molar-refractivity contribution >= 4 is 59.8 Å². The molecule has 24 heavy (non-hydrogen) atoms. The van der Waals surface area contributed by atoms with Gasteiger partial charge in [0.2, 0.25) is 5.75 Å². The number of hydrogen-bond acceptors (Lipinski definition) is 5. The monoisotopic (exact) mass is 457 g/mol. The molecule has 8 nitrogen and oxygen atoms in total. The Balaban J connectivity index is 2.50. The van der Waals surface area contributed by atoms with Gasteiger partial charge in [-0.1, -0.05) is 6.07 Å². The molecule has 10 heteroatoms. The summed E-state index contributed by atoms with van der Waals surface area (Å²) in [5.74, 6) is -1.07. The normalized spacial score (nSPS) is 11.1. The van der Waals surface area contributed by atoms with Crippen molar-refractivity contribution in [2.45, 2.75) is 0 Å². The first-order valence-electron chi connectivity index (χ1n) is 6.52. The number of ether oxygens (including phenoxy) is 1. The molecule has 1 heterocycles. The highest BCUT2D eigenvalue weighted by Crippen LogP contribution is 2.36. The predicted octanol–water partition coefficient (Wildman–Crippen LogP) is 1.35. The van der Waals surface area contributed by atoms with Crippen LogP contribution in [0.15, 0.2) is 33.2 Å². The number of rotatable bonds is 3. The number of nitrogens with two attached hydrogens (primary N) is 1. The molecule has 2 aromatic carbocycles. The number of hydrogen-bond donors (Lipinski definition) is 2. The molecule has 3 N–H and O–H groups in total. The van der Waals surface area contributed by atoms with Crippen molar-refractivity contribution in [2.75, 3.05) is 6.61 Å². The molecule has 3 aromatic rings. The predicted molar refractivity (Wildman–Crippen MR) is 91.1 cm³/mol. The second-order valence-electron chi connectivity index (χ2n) is 4.86. The third kappa shape index (κ3) is 2.47. The summed E-state index contributed by atoms with van der Waals surface area (Å²) in [7, 11) is 0. The van der Waals surface area contributed by atoms with E-state index in [1.54, 1.807) is 0 Å². The standard InChI is InChI=1S/C14H9Br2N3O5/c15-6-4-7(16)14(24-5-10(17)21)13-11(6)19(23)12-8(18(13)22)2-1-3-9(12)20/h1-4,20H,5H2,(H2,17,21). The largest absolute Gasteiger partial charge is 0.617 e. The smallest absolute Gasteiger partial charge is 0.335 e. The van der Waals surface area contributed by atoms with Gasteiger partial charge in [-0.25, -0.2) is 0 Å². The highest BCUT2D eigenvalue weighted by Gasteiger charge is 2.31. The average Bonchev–Trinajstić information content (AvgIpc) is 2.50. The van der Waals surface area contributed by atoms with Crippen molar-refractivity contribution in [3.63, 3.8) is 0 Å². The zero-order chi connectivity index (χ0) is 17.6. The van der Waals surface area contributed by atoms with Crippen molar-refractivity contribution in [1.82, 2.24) is 0 Å². The number of halogens is 2. The van der Waals surface area contributed by atoms with Gasteiger partial charge in [0.25, 0.3) is 11.4 Å². The lowest BCUT2D eigenvalue weighted by molar-refractivity contribution is -0.591. The number of carbonyl (C=O) groups excluding carboxylic acids is 1. The van der Waals surface area contributed by atoms with Gasteiger partial charge in [-0.2, -0.15) is 4.73 Å². The molecule has 0 radical (unpaired) electrons. The first kappa shape index (κ1) is 16.5. The van der Waals surface area contributed by atoms with E-state index in [1.165, 1.54) is 24.3 Å². The van der Waals surface area contributed by atoms with Gasteiger partial charge in [-0.15, -0.1) is 4.73 Å². The molecule has 0 atom stereocenters. The van der Waals surface area contributed by atoms with E-state index in [0.717, 1.165) is 0 Å². The van der Waals surface area contributed by atoms with E-state index in [9.17, 15) is 20.3 Å². The van der Waals surface area contributed by atoms with Crippen LogP contribution in [0.25, 0.3) is 22.1 Å². The molecule has 124 valence electrons. The summed E-state index contributed by atoms with van der Waals surface area (Å²) in [4.78, 5) is 11.0. The second kappa shape index (κ2) is 5.95. The number of amides is 1. The molecule has 0 saturated heterocycles. The average molecular weight is 459 g/mol. The number of phenols is 1. The van der Waals surface area contributed by atoms with Crippen molar-refractivity contribution in [3.8, 4) is 11.5 Å². The van der Waals surface area contributed by atoms with E-state index in [4.69, 9.17) is 10.5 Å². The molecule has 0 aliphatic heterocycles. The summed E-state index contributed by atoms with van der Waals surface area (Å²) in [6.07, 6.45) is 0. The summed E-state index contributed by atoms with van der Waals surface area (Å²) in [5.41, 5.74) is 4.68. The van der Waals surface area contributed by atoms with Gasteiger partial charge in [0, 0.05) is 6.07 Å². The maximum atomic E-state index is 12.8. The zero-order valence-corrected chi connectivity index (χ0v) is 15.0. The third-order valence-corrected chi connectivity index (χ3v) is 4.51. The Morgan fingerprint density at radius 1 is 1.17 bits per heavy atom. The molecule has 0 unspecified atom stereocenters. The van der Waals surface area contributed by atoms with Gasteiger partial charge >= 0.3 is 16.6 Å². The SMILES string of the molecule is NC(=O)COc1c(Br)cc(Br)c2c1[n+]([O-])c1cccc(O)c1[n+]2[O-]. The lowest BCUT2D eigenvalue weighted by Gasteiger charge is -2.13. The Morgan fingerprint density at radius 2 is 1.88 bits per heavy atom. The number of aromatic nitrogens is 2. The third-order valence-electron chi connectivity index (χ3n) is 3.32. The van der Waals surface area contributed by atoms with E-state index in [1.807, 2.05) is 0 Å². The van der Waals surface area contributed by atoms with Crippen LogP contribution in [-0.4, -0.2) is 17.6 Å². The maximum absolute atomic E-state index is 12.8. The van der Waals surface area contributed by atoms with Crippen LogP contribution in [0.5, 0.6) is 11.5 Å². The summed E-state index contributed by atoms with van der Waals surface area (Å²) >= 11 is 6.46. The van der Waals surface area contributed by atoms with Crippen molar-refractivity contribution in [1.29, 1.82) is 0 Å². The zero-order valence-electron chi connectivity index (χ0n) is 11.8. The summed E-state index contributed by atoms with van der Waals surface area (Å²) in [6.45, 7) is -0.466. The molecule has 0 fully saturated rings. The van der Waals surface area contributed by atoms with Crippen LogP contribution >= 0.6 is 31.9 Å². The molecule has 0 spiro atoms.